The Kier molecular flexibility index (Phi) is 5.28. The first-order valence-electron chi connectivity index (χ1n) is 8.71. The molecule has 0 aliphatic heterocycles. The van der Waals surface area contributed by atoms with Crippen LogP contribution in [-0.2, 0) is 0 Å². The van der Waals surface area contributed by atoms with Crippen molar-refractivity contribution in [2.24, 2.45) is 0 Å². The van der Waals surface area contributed by atoms with Crippen molar-refractivity contribution in [2.45, 2.75) is 94.0 Å². The first-order valence-corrected chi connectivity index (χ1v) is 10.3. The first kappa shape index (κ1) is 14.0. The average Bonchev–Trinajstić information content (AvgIpc) is 2.51. The van der Waals surface area contributed by atoms with E-state index in [1.165, 1.54) is 51.4 Å². The molecule has 3 rings (SSSR count). The Morgan fingerprint density at radius 2 is 1.32 bits per heavy atom. The van der Waals surface area contributed by atoms with Gasteiger partial charge in [0.15, 0.2) is 0 Å². The summed E-state index contributed by atoms with van der Waals surface area (Å²) in [5.74, 6) is 0. The van der Waals surface area contributed by atoms with Crippen LogP contribution in [0.2, 0.25) is 0 Å². The standard InChI is InChI=1S/C18H30P/c1-4-10-16(11-5-1)19(17-12-6-2-7-13-17)18-14-8-3-9-15-18/h1,4-5,16-18H,2-3,6-15H2/q-1. The summed E-state index contributed by atoms with van der Waals surface area (Å²) in [5.41, 5.74) is 3.32. The molecule has 0 aromatic rings. The van der Waals surface area contributed by atoms with Gasteiger partial charge in [-0.05, 0) is 42.7 Å². The second-order valence-corrected chi connectivity index (χ2v) is 9.91. The van der Waals surface area contributed by atoms with E-state index in [4.69, 9.17) is 0 Å². The van der Waals surface area contributed by atoms with Gasteiger partial charge in [0.1, 0.15) is 0 Å². The van der Waals surface area contributed by atoms with Gasteiger partial charge in [-0.25, -0.2) is 18.6 Å². The van der Waals surface area contributed by atoms with Crippen LogP contribution < -0.4 is 0 Å². The molecule has 0 aromatic heterocycles. The van der Waals surface area contributed by atoms with E-state index in [1.54, 1.807) is 25.7 Å². The van der Waals surface area contributed by atoms with Crippen molar-refractivity contribution in [3.05, 3.63) is 18.6 Å². The van der Waals surface area contributed by atoms with Crippen molar-refractivity contribution >= 4 is 7.92 Å². The van der Waals surface area contributed by atoms with E-state index in [0.717, 1.165) is 17.0 Å². The maximum Gasteiger partial charge on any atom is -0.0205 e. The summed E-state index contributed by atoms with van der Waals surface area (Å²) < 4.78 is 0. The van der Waals surface area contributed by atoms with Crippen molar-refractivity contribution in [2.75, 3.05) is 0 Å². The Hall–Kier alpha value is 0.0400. The molecule has 108 valence electrons. The minimum absolute atomic E-state index is 0.302. The Morgan fingerprint density at radius 3 is 1.79 bits per heavy atom. The largest absolute Gasteiger partial charge is 0.232 e. The van der Waals surface area contributed by atoms with Crippen LogP contribution >= 0.6 is 7.92 Å². The summed E-state index contributed by atoms with van der Waals surface area (Å²) in [7, 11) is 0.302. The molecule has 0 spiro atoms. The third-order valence-corrected chi connectivity index (χ3v) is 9.49. The predicted octanol–water partition coefficient (Wildman–Crippen LogP) is 6.06. The summed E-state index contributed by atoms with van der Waals surface area (Å²) in [6.45, 7) is 0. The van der Waals surface area contributed by atoms with Gasteiger partial charge >= 0.3 is 0 Å². The van der Waals surface area contributed by atoms with Crippen molar-refractivity contribution in [1.82, 2.24) is 0 Å². The van der Waals surface area contributed by atoms with E-state index in [2.05, 4.69) is 18.6 Å². The van der Waals surface area contributed by atoms with E-state index in [0.29, 0.717) is 7.92 Å². The predicted molar refractivity (Wildman–Crippen MR) is 87.1 cm³/mol. The van der Waals surface area contributed by atoms with Gasteiger partial charge in [-0.2, -0.15) is 0 Å². The van der Waals surface area contributed by atoms with Crippen LogP contribution in [0, 0.1) is 6.42 Å². The highest BCUT2D eigenvalue weighted by molar-refractivity contribution is 7.60. The molecular weight excluding hydrogens is 247 g/mol. The molecule has 1 unspecified atom stereocenters. The van der Waals surface area contributed by atoms with Crippen molar-refractivity contribution in [1.29, 1.82) is 0 Å². The minimum atomic E-state index is 0.302. The lowest BCUT2D eigenvalue weighted by Gasteiger charge is -2.45. The van der Waals surface area contributed by atoms with Crippen molar-refractivity contribution in [3.8, 4) is 0 Å². The highest BCUT2D eigenvalue weighted by Gasteiger charge is 2.34. The third kappa shape index (κ3) is 3.57. The molecule has 3 aliphatic carbocycles. The molecule has 2 fully saturated rings. The monoisotopic (exact) mass is 277 g/mol. The molecule has 0 nitrogen and oxygen atoms in total. The number of allylic oxidation sites excluding steroid dienone is 2. The molecule has 0 aromatic carbocycles. The van der Waals surface area contributed by atoms with Gasteiger partial charge in [0.2, 0.25) is 0 Å². The molecule has 0 saturated heterocycles. The van der Waals surface area contributed by atoms with Gasteiger partial charge in [-0.15, -0.1) is 0 Å². The van der Waals surface area contributed by atoms with Crippen LogP contribution in [0.5, 0.6) is 0 Å². The van der Waals surface area contributed by atoms with Crippen LogP contribution in [0.3, 0.4) is 0 Å². The van der Waals surface area contributed by atoms with Gasteiger partial charge in [0.25, 0.3) is 0 Å². The molecule has 0 amide bonds. The minimum Gasteiger partial charge on any atom is -0.232 e. The number of hydrogen-bond donors (Lipinski definition) is 0. The van der Waals surface area contributed by atoms with E-state index in [1.807, 2.05) is 0 Å². The zero-order valence-corrected chi connectivity index (χ0v) is 13.3. The summed E-state index contributed by atoms with van der Waals surface area (Å²) >= 11 is 0. The molecule has 3 aliphatic rings. The Bertz CT molecular complexity index is 266. The highest BCUT2D eigenvalue weighted by Crippen LogP contribution is 2.61. The van der Waals surface area contributed by atoms with Crippen LogP contribution in [0.4, 0.5) is 0 Å². The topological polar surface area (TPSA) is 0 Å². The van der Waals surface area contributed by atoms with E-state index in [-0.39, 0.29) is 0 Å². The lowest BCUT2D eigenvalue weighted by molar-refractivity contribution is 0.479. The molecule has 0 N–H and O–H groups in total. The smallest absolute Gasteiger partial charge is 0.0205 e. The Morgan fingerprint density at radius 1 is 0.737 bits per heavy atom. The van der Waals surface area contributed by atoms with Gasteiger partial charge in [-0.1, -0.05) is 59.3 Å². The zero-order chi connectivity index (χ0) is 12.9. The fourth-order valence-electron chi connectivity index (χ4n) is 4.56. The molecule has 1 heteroatoms. The van der Waals surface area contributed by atoms with Crippen LogP contribution in [0.15, 0.2) is 12.2 Å². The molecule has 2 saturated carbocycles. The fraction of sp³-hybridized carbons (Fsp3) is 0.833. The lowest BCUT2D eigenvalue weighted by atomic mass is 9.99. The molecule has 19 heavy (non-hydrogen) atoms. The number of hydrogen-bond acceptors (Lipinski definition) is 0. The van der Waals surface area contributed by atoms with Crippen molar-refractivity contribution < 1.29 is 0 Å². The van der Waals surface area contributed by atoms with Crippen LogP contribution in [0.25, 0.3) is 0 Å². The summed E-state index contributed by atoms with van der Waals surface area (Å²) in [5, 5.41) is 0. The summed E-state index contributed by atoms with van der Waals surface area (Å²) in [6.07, 6.45) is 25.5. The third-order valence-electron chi connectivity index (χ3n) is 5.50. The quantitative estimate of drug-likeness (QED) is 0.434. The second kappa shape index (κ2) is 7.16. The summed E-state index contributed by atoms with van der Waals surface area (Å²) in [6, 6.07) is 0. The SMILES string of the molecule is C1=CCC(P(C2CCCCC2)C2CCCCC2)C[CH-]1. The van der Waals surface area contributed by atoms with E-state index < -0.39 is 0 Å². The second-order valence-electron chi connectivity index (χ2n) is 6.82. The molecule has 0 bridgehead atoms. The number of rotatable bonds is 3. The van der Waals surface area contributed by atoms with Gasteiger partial charge in [0.05, 0.1) is 0 Å². The Balaban J connectivity index is 1.70. The maximum atomic E-state index is 2.45. The van der Waals surface area contributed by atoms with Crippen molar-refractivity contribution in [3.63, 3.8) is 0 Å². The normalized spacial score (nSPS) is 30.5. The molecular formula is C18H30P-. The maximum absolute atomic E-state index is 2.45. The van der Waals surface area contributed by atoms with Gasteiger partial charge < -0.3 is 0 Å². The summed E-state index contributed by atoms with van der Waals surface area (Å²) in [4.78, 5) is 0. The molecule has 0 heterocycles. The zero-order valence-electron chi connectivity index (χ0n) is 12.4. The molecule has 1 atom stereocenters. The lowest BCUT2D eigenvalue weighted by Crippen LogP contribution is -2.27. The average molecular weight is 277 g/mol. The van der Waals surface area contributed by atoms with Crippen LogP contribution in [0.1, 0.15) is 77.0 Å². The molecule has 0 radical (unpaired) electrons. The highest BCUT2D eigenvalue weighted by atomic mass is 31.1. The van der Waals surface area contributed by atoms with Crippen LogP contribution in [-0.4, -0.2) is 17.0 Å². The fourth-order valence-corrected chi connectivity index (χ4v) is 9.00. The van der Waals surface area contributed by atoms with Gasteiger partial charge in [-0.3, -0.25) is 0 Å². The van der Waals surface area contributed by atoms with E-state index >= 15 is 0 Å². The van der Waals surface area contributed by atoms with Gasteiger partial charge in [0, 0.05) is 0 Å². The Labute approximate surface area is 121 Å². The first-order chi connectivity index (χ1) is 9.45. The van der Waals surface area contributed by atoms with E-state index in [9.17, 15) is 0 Å².